The molecule has 2 saturated carbocycles. The second-order valence-electron chi connectivity index (χ2n) is 7.58. The van der Waals surface area contributed by atoms with Crippen LogP contribution in [0, 0.1) is 23.1 Å². The molecule has 4 rings (SSSR count). The molecular formula is C19H26FN. The molecule has 3 fully saturated rings. The summed E-state index contributed by atoms with van der Waals surface area (Å²) in [5.74, 6) is 2.29. The number of benzene rings is 1. The SMILES string of the molecule is Fc1ccccc1C1CNCCC12CCCC(C1CC1)C2. The van der Waals surface area contributed by atoms with Crippen LogP contribution < -0.4 is 5.32 Å². The predicted molar refractivity (Wildman–Crippen MR) is 83.7 cm³/mol. The maximum absolute atomic E-state index is 14.4. The molecule has 1 heterocycles. The summed E-state index contributed by atoms with van der Waals surface area (Å²) >= 11 is 0. The molecule has 0 amide bonds. The van der Waals surface area contributed by atoms with Crippen molar-refractivity contribution in [3.05, 3.63) is 35.6 Å². The molecule has 0 bridgehead atoms. The minimum absolute atomic E-state index is 0.000814. The highest BCUT2D eigenvalue weighted by atomic mass is 19.1. The lowest BCUT2D eigenvalue weighted by Crippen LogP contribution is -2.46. The summed E-state index contributed by atoms with van der Waals surface area (Å²) in [5.41, 5.74) is 1.32. The van der Waals surface area contributed by atoms with Crippen molar-refractivity contribution < 1.29 is 4.39 Å². The Morgan fingerprint density at radius 1 is 1.05 bits per heavy atom. The average molecular weight is 287 g/mol. The van der Waals surface area contributed by atoms with Crippen LogP contribution in [-0.4, -0.2) is 13.1 Å². The molecule has 1 aromatic rings. The van der Waals surface area contributed by atoms with E-state index in [1.807, 2.05) is 18.2 Å². The minimum Gasteiger partial charge on any atom is -0.316 e. The second-order valence-corrected chi connectivity index (χ2v) is 7.58. The topological polar surface area (TPSA) is 12.0 Å². The number of rotatable bonds is 2. The summed E-state index contributed by atoms with van der Waals surface area (Å²) in [6.07, 6.45) is 9.55. The van der Waals surface area contributed by atoms with E-state index in [4.69, 9.17) is 0 Å². The van der Waals surface area contributed by atoms with E-state index >= 15 is 0 Å². The van der Waals surface area contributed by atoms with Crippen LogP contribution in [0.5, 0.6) is 0 Å². The first-order valence-electron chi connectivity index (χ1n) is 8.74. The Labute approximate surface area is 127 Å². The van der Waals surface area contributed by atoms with E-state index < -0.39 is 0 Å². The van der Waals surface area contributed by atoms with Crippen molar-refractivity contribution >= 4 is 0 Å². The van der Waals surface area contributed by atoms with E-state index in [-0.39, 0.29) is 5.82 Å². The van der Waals surface area contributed by atoms with Crippen molar-refractivity contribution in [1.82, 2.24) is 5.32 Å². The fourth-order valence-electron chi connectivity index (χ4n) is 5.13. The van der Waals surface area contributed by atoms with Gasteiger partial charge in [0.1, 0.15) is 5.82 Å². The molecule has 3 atom stereocenters. The number of piperidine rings is 1. The first-order chi connectivity index (χ1) is 10.3. The maximum atomic E-state index is 14.4. The molecule has 1 aromatic carbocycles. The first kappa shape index (κ1) is 13.8. The third-order valence-corrected chi connectivity index (χ3v) is 6.37. The normalized spacial score (nSPS) is 36.8. The van der Waals surface area contributed by atoms with Gasteiger partial charge in [-0.1, -0.05) is 31.0 Å². The highest BCUT2D eigenvalue weighted by Crippen LogP contribution is 2.56. The van der Waals surface area contributed by atoms with E-state index in [1.54, 1.807) is 6.07 Å². The zero-order chi connectivity index (χ0) is 14.3. The Morgan fingerprint density at radius 2 is 1.90 bits per heavy atom. The van der Waals surface area contributed by atoms with Gasteiger partial charge in [0.05, 0.1) is 0 Å². The lowest BCUT2D eigenvalue weighted by molar-refractivity contribution is 0.0615. The third kappa shape index (κ3) is 2.52. The fraction of sp³-hybridized carbons (Fsp3) is 0.684. The molecule has 2 heteroatoms. The summed E-state index contributed by atoms with van der Waals surface area (Å²) in [4.78, 5) is 0. The summed E-state index contributed by atoms with van der Waals surface area (Å²) in [7, 11) is 0. The van der Waals surface area contributed by atoms with Crippen LogP contribution in [0.25, 0.3) is 0 Å². The predicted octanol–water partition coefficient (Wildman–Crippen LogP) is 4.49. The average Bonchev–Trinajstić information content (AvgIpc) is 3.34. The summed E-state index contributed by atoms with van der Waals surface area (Å²) in [6.45, 7) is 2.07. The highest BCUT2D eigenvalue weighted by Gasteiger charge is 2.47. The van der Waals surface area contributed by atoms with Gasteiger partial charge in [-0.3, -0.25) is 0 Å². The van der Waals surface area contributed by atoms with E-state index in [9.17, 15) is 4.39 Å². The van der Waals surface area contributed by atoms with Crippen molar-refractivity contribution in [2.75, 3.05) is 13.1 Å². The van der Waals surface area contributed by atoms with Crippen LogP contribution >= 0.6 is 0 Å². The van der Waals surface area contributed by atoms with E-state index in [0.717, 1.165) is 30.5 Å². The Balaban J connectivity index is 1.65. The zero-order valence-corrected chi connectivity index (χ0v) is 12.8. The van der Waals surface area contributed by atoms with Gasteiger partial charge < -0.3 is 5.32 Å². The van der Waals surface area contributed by atoms with Gasteiger partial charge in [-0.25, -0.2) is 4.39 Å². The molecule has 114 valence electrons. The molecule has 3 aliphatic rings. The van der Waals surface area contributed by atoms with Crippen LogP contribution in [0.15, 0.2) is 24.3 Å². The molecular weight excluding hydrogens is 261 g/mol. The summed E-state index contributed by atoms with van der Waals surface area (Å²) in [5, 5.41) is 3.53. The Morgan fingerprint density at radius 3 is 2.71 bits per heavy atom. The Hall–Kier alpha value is -0.890. The van der Waals surface area contributed by atoms with Crippen LogP contribution in [0.3, 0.4) is 0 Å². The van der Waals surface area contributed by atoms with Gasteiger partial charge in [-0.15, -0.1) is 0 Å². The van der Waals surface area contributed by atoms with E-state index in [1.165, 1.54) is 44.9 Å². The van der Waals surface area contributed by atoms with Gasteiger partial charge in [-0.05, 0) is 67.5 Å². The molecule has 1 spiro atoms. The zero-order valence-electron chi connectivity index (χ0n) is 12.8. The third-order valence-electron chi connectivity index (χ3n) is 6.37. The van der Waals surface area contributed by atoms with Crippen LogP contribution in [0.4, 0.5) is 4.39 Å². The Bertz CT molecular complexity index is 506. The molecule has 1 saturated heterocycles. The lowest BCUT2D eigenvalue weighted by Gasteiger charge is -2.50. The molecule has 0 radical (unpaired) electrons. The molecule has 21 heavy (non-hydrogen) atoms. The molecule has 3 unspecified atom stereocenters. The van der Waals surface area contributed by atoms with Gasteiger partial charge in [0.2, 0.25) is 0 Å². The standard InChI is InChI=1S/C19H26FN/c20-18-6-2-1-5-16(18)17-13-21-11-10-19(17)9-3-4-15(12-19)14-7-8-14/h1-2,5-6,14-15,17,21H,3-4,7-13H2. The highest BCUT2D eigenvalue weighted by molar-refractivity contribution is 5.26. The number of hydrogen-bond acceptors (Lipinski definition) is 1. The quantitative estimate of drug-likeness (QED) is 0.845. The Kier molecular flexibility index (Phi) is 3.53. The molecule has 1 nitrogen and oxygen atoms in total. The summed E-state index contributed by atoms with van der Waals surface area (Å²) in [6, 6.07) is 7.48. The second kappa shape index (κ2) is 5.39. The van der Waals surface area contributed by atoms with Crippen LogP contribution in [0.2, 0.25) is 0 Å². The molecule has 1 aliphatic heterocycles. The van der Waals surface area contributed by atoms with Crippen molar-refractivity contribution in [1.29, 1.82) is 0 Å². The number of halogens is 1. The van der Waals surface area contributed by atoms with Crippen molar-refractivity contribution in [2.45, 2.75) is 50.9 Å². The number of nitrogens with one attached hydrogen (secondary N) is 1. The smallest absolute Gasteiger partial charge is 0.126 e. The molecule has 1 N–H and O–H groups in total. The minimum atomic E-state index is -0.000814. The van der Waals surface area contributed by atoms with Crippen molar-refractivity contribution in [3.8, 4) is 0 Å². The van der Waals surface area contributed by atoms with E-state index in [2.05, 4.69) is 5.32 Å². The van der Waals surface area contributed by atoms with Gasteiger partial charge >= 0.3 is 0 Å². The molecule has 2 aliphatic carbocycles. The maximum Gasteiger partial charge on any atom is 0.126 e. The van der Waals surface area contributed by atoms with Gasteiger partial charge in [-0.2, -0.15) is 0 Å². The molecule has 0 aromatic heterocycles. The monoisotopic (exact) mass is 287 g/mol. The first-order valence-corrected chi connectivity index (χ1v) is 8.74. The van der Waals surface area contributed by atoms with Gasteiger partial charge in [0.25, 0.3) is 0 Å². The van der Waals surface area contributed by atoms with E-state index in [0.29, 0.717) is 11.3 Å². The van der Waals surface area contributed by atoms with Crippen LogP contribution in [-0.2, 0) is 0 Å². The van der Waals surface area contributed by atoms with Gasteiger partial charge in [0.15, 0.2) is 0 Å². The van der Waals surface area contributed by atoms with Crippen molar-refractivity contribution in [3.63, 3.8) is 0 Å². The van der Waals surface area contributed by atoms with Crippen LogP contribution in [0.1, 0.15) is 56.4 Å². The summed E-state index contributed by atoms with van der Waals surface area (Å²) < 4.78 is 14.4. The largest absolute Gasteiger partial charge is 0.316 e. The lowest BCUT2D eigenvalue weighted by atomic mass is 9.57. The fourth-order valence-corrected chi connectivity index (χ4v) is 5.13. The van der Waals surface area contributed by atoms with Gasteiger partial charge in [0, 0.05) is 12.5 Å². The van der Waals surface area contributed by atoms with Crippen molar-refractivity contribution in [2.24, 2.45) is 17.3 Å². The number of hydrogen-bond donors (Lipinski definition) is 1.